The van der Waals surface area contributed by atoms with E-state index >= 15 is 0 Å². The predicted molar refractivity (Wildman–Crippen MR) is 105 cm³/mol. The van der Waals surface area contributed by atoms with Gasteiger partial charge in [0.15, 0.2) is 0 Å². The topological polar surface area (TPSA) is 52.7 Å². The summed E-state index contributed by atoms with van der Waals surface area (Å²) >= 11 is 0. The Morgan fingerprint density at radius 1 is 1.07 bits per heavy atom. The third-order valence-electron chi connectivity index (χ3n) is 6.87. The molecule has 2 heterocycles. The summed E-state index contributed by atoms with van der Waals surface area (Å²) in [6.07, 6.45) is 5.68. The van der Waals surface area contributed by atoms with E-state index < -0.39 is 0 Å². The number of rotatable bonds is 4. The summed E-state index contributed by atoms with van der Waals surface area (Å²) in [5, 5.41) is 2.85. The summed E-state index contributed by atoms with van der Waals surface area (Å²) in [6, 6.07) is 10.6. The Labute approximate surface area is 162 Å². The number of hydrogen-bond donors (Lipinski definition) is 1. The van der Waals surface area contributed by atoms with E-state index in [0.717, 1.165) is 26.2 Å². The first-order valence-corrected chi connectivity index (χ1v) is 10.5. The van der Waals surface area contributed by atoms with E-state index in [-0.39, 0.29) is 23.8 Å². The summed E-state index contributed by atoms with van der Waals surface area (Å²) in [5.74, 6) is 1.11. The molecule has 5 nitrogen and oxygen atoms in total. The fraction of sp³-hybridized carbons (Fsp3) is 0.636. The van der Waals surface area contributed by atoms with Crippen LogP contribution in [0.3, 0.4) is 0 Å². The van der Waals surface area contributed by atoms with Crippen LogP contribution in [0.15, 0.2) is 30.3 Å². The van der Waals surface area contributed by atoms with Crippen LogP contribution in [-0.4, -0.2) is 60.9 Å². The summed E-state index contributed by atoms with van der Waals surface area (Å²) < 4.78 is 0. The van der Waals surface area contributed by atoms with Crippen molar-refractivity contribution in [2.24, 2.45) is 11.8 Å². The van der Waals surface area contributed by atoms with Crippen LogP contribution in [0.4, 0.5) is 0 Å². The van der Waals surface area contributed by atoms with E-state index in [2.05, 4.69) is 27.2 Å². The van der Waals surface area contributed by atoms with Gasteiger partial charge in [0.1, 0.15) is 0 Å². The van der Waals surface area contributed by atoms with Gasteiger partial charge < -0.3 is 10.2 Å². The highest BCUT2D eigenvalue weighted by atomic mass is 16.2. The monoisotopic (exact) mass is 369 g/mol. The molecule has 1 saturated carbocycles. The number of nitrogens with zero attached hydrogens (tertiary/aromatic N) is 2. The number of fused-ring (bicyclic) bond motifs is 1. The van der Waals surface area contributed by atoms with Crippen molar-refractivity contribution in [3.05, 3.63) is 35.9 Å². The average molecular weight is 370 g/mol. The van der Waals surface area contributed by atoms with Crippen molar-refractivity contribution in [2.45, 2.75) is 44.1 Å². The molecule has 1 aromatic rings. The fourth-order valence-electron chi connectivity index (χ4n) is 5.43. The van der Waals surface area contributed by atoms with Crippen LogP contribution in [0.25, 0.3) is 0 Å². The Kier molecular flexibility index (Phi) is 5.48. The third kappa shape index (κ3) is 3.75. The van der Waals surface area contributed by atoms with Crippen LogP contribution < -0.4 is 5.32 Å². The molecule has 1 N–H and O–H groups in total. The number of hydrogen-bond acceptors (Lipinski definition) is 3. The van der Waals surface area contributed by atoms with Gasteiger partial charge in [-0.05, 0) is 24.3 Å². The van der Waals surface area contributed by atoms with Crippen LogP contribution >= 0.6 is 0 Å². The van der Waals surface area contributed by atoms with Crippen LogP contribution in [-0.2, 0) is 9.59 Å². The maximum absolute atomic E-state index is 12.9. The second kappa shape index (κ2) is 8.01. The molecular weight excluding hydrogens is 338 g/mol. The molecule has 2 amide bonds. The molecule has 0 unspecified atom stereocenters. The minimum atomic E-state index is -0.0488. The van der Waals surface area contributed by atoms with Crippen molar-refractivity contribution in [3.63, 3.8) is 0 Å². The van der Waals surface area contributed by atoms with Gasteiger partial charge in [0, 0.05) is 51.6 Å². The molecule has 3 aliphatic rings. The van der Waals surface area contributed by atoms with Crippen molar-refractivity contribution < 1.29 is 9.59 Å². The standard InChI is InChI=1S/C22H31N3O2/c1-23-22(27)18-14-24-11-12-25(20(26)13-16-7-5-6-8-16)15-19(24)21(18)17-9-3-2-4-10-17/h2-4,9-10,16,18-19,21H,5-8,11-15H2,1H3,(H,23,27)/t18-,19-,21+/m1/s1. The van der Waals surface area contributed by atoms with Crippen molar-refractivity contribution in [1.82, 2.24) is 15.1 Å². The van der Waals surface area contributed by atoms with E-state index in [9.17, 15) is 9.59 Å². The zero-order valence-corrected chi connectivity index (χ0v) is 16.3. The normalized spacial score (nSPS) is 28.9. The Balaban J connectivity index is 1.52. The Morgan fingerprint density at radius 3 is 2.52 bits per heavy atom. The second-order valence-electron chi connectivity index (χ2n) is 8.41. The van der Waals surface area contributed by atoms with Crippen LogP contribution in [0.1, 0.15) is 43.6 Å². The van der Waals surface area contributed by atoms with Gasteiger partial charge in [-0.15, -0.1) is 0 Å². The van der Waals surface area contributed by atoms with Gasteiger partial charge >= 0.3 is 0 Å². The molecule has 3 fully saturated rings. The summed E-state index contributed by atoms with van der Waals surface area (Å²) in [6.45, 7) is 3.20. The van der Waals surface area contributed by atoms with Crippen LogP contribution in [0.2, 0.25) is 0 Å². The smallest absolute Gasteiger partial charge is 0.224 e. The van der Waals surface area contributed by atoms with Crippen molar-refractivity contribution >= 4 is 11.8 Å². The van der Waals surface area contributed by atoms with E-state index in [0.29, 0.717) is 18.2 Å². The molecule has 0 radical (unpaired) electrons. The van der Waals surface area contributed by atoms with Gasteiger partial charge in [0.2, 0.25) is 11.8 Å². The van der Waals surface area contributed by atoms with E-state index in [1.807, 2.05) is 18.2 Å². The predicted octanol–water partition coefficient (Wildman–Crippen LogP) is 2.24. The maximum atomic E-state index is 12.9. The largest absolute Gasteiger partial charge is 0.359 e. The molecule has 146 valence electrons. The summed E-state index contributed by atoms with van der Waals surface area (Å²) in [5.41, 5.74) is 1.21. The minimum absolute atomic E-state index is 0.0488. The van der Waals surface area contributed by atoms with Crippen molar-refractivity contribution in [3.8, 4) is 0 Å². The number of nitrogens with one attached hydrogen (secondary N) is 1. The lowest BCUT2D eigenvalue weighted by Gasteiger charge is -2.40. The number of piperazine rings is 1. The Hall–Kier alpha value is -1.88. The summed E-state index contributed by atoms with van der Waals surface area (Å²) in [4.78, 5) is 30.0. The van der Waals surface area contributed by atoms with E-state index in [4.69, 9.17) is 0 Å². The number of carbonyl (C=O) groups excluding carboxylic acids is 2. The SMILES string of the molecule is CNC(=O)[C@@H]1CN2CCN(C(=O)CC3CCCC3)C[C@@H]2[C@H]1c1ccccc1. The lowest BCUT2D eigenvalue weighted by Crippen LogP contribution is -2.53. The molecule has 0 bridgehead atoms. The van der Waals surface area contributed by atoms with Gasteiger partial charge in [0.05, 0.1) is 5.92 Å². The molecule has 2 aliphatic heterocycles. The van der Waals surface area contributed by atoms with Gasteiger partial charge in [-0.3, -0.25) is 14.5 Å². The van der Waals surface area contributed by atoms with Crippen LogP contribution in [0.5, 0.6) is 0 Å². The van der Waals surface area contributed by atoms with Gasteiger partial charge in [-0.1, -0.05) is 43.2 Å². The number of amides is 2. The number of carbonyl (C=O) groups is 2. The number of benzene rings is 1. The molecule has 4 rings (SSSR count). The summed E-state index contributed by atoms with van der Waals surface area (Å²) in [7, 11) is 1.72. The molecular formula is C22H31N3O2. The minimum Gasteiger partial charge on any atom is -0.359 e. The van der Waals surface area contributed by atoms with Gasteiger partial charge in [0.25, 0.3) is 0 Å². The molecule has 27 heavy (non-hydrogen) atoms. The highest BCUT2D eigenvalue weighted by Crippen LogP contribution is 2.40. The van der Waals surface area contributed by atoms with Gasteiger partial charge in [-0.2, -0.15) is 0 Å². The third-order valence-corrected chi connectivity index (χ3v) is 6.87. The van der Waals surface area contributed by atoms with Crippen molar-refractivity contribution in [1.29, 1.82) is 0 Å². The highest BCUT2D eigenvalue weighted by molar-refractivity contribution is 5.80. The lowest BCUT2D eigenvalue weighted by molar-refractivity contribution is -0.134. The Bertz CT molecular complexity index is 671. The first-order chi connectivity index (χ1) is 13.2. The quantitative estimate of drug-likeness (QED) is 0.886. The van der Waals surface area contributed by atoms with Crippen molar-refractivity contribution in [2.75, 3.05) is 33.2 Å². The van der Waals surface area contributed by atoms with Crippen LogP contribution in [0, 0.1) is 11.8 Å². The average Bonchev–Trinajstić information content (AvgIpc) is 3.34. The second-order valence-corrected chi connectivity index (χ2v) is 8.41. The molecule has 1 aliphatic carbocycles. The van der Waals surface area contributed by atoms with E-state index in [1.165, 1.54) is 31.2 Å². The maximum Gasteiger partial charge on any atom is 0.224 e. The Morgan fingerprint density at radius 2 is 1.81 bits per heavy atom. The first-order valence-electron chi connectivity index (χ1n) is 10.5. The van der Waals surface area contributed by atoms with Gasteiger partial charge in [-0.25, -0.2) is 0 Å². The fourth-order valence-corrected chi connectivity index (χ4v) is 5.43. The first kappa shape index (κ1) is 18.5. The van der Waals surface area contributed by atoms with E-state index in [1.54, 1.807) is 7.05 Å². The molecule has 3 atom stereocenters. The molecule has 2 saturated heterocycles. The highest BCUT2D eigenvalue weighted by Gasteiger charge is 2.48. The zero-order chi connectivity index (χ0) is 18.8. The molecule has 5 heteroatoms. The molecule has 0 aromatic heterocycles. The molecule has 0 spiro atoms. The zero-order valence-electron chi connectivity index (χ0n) is 16.3. The molecule has 1 aromatic carbocycles. The lowest BCUT2D eigenvalue weighted by atomic mass is 9.83.